The molecule has 1 aromatic rings. The van der Waals surface area contributed by atoms with Gasteiger partial charge in [-0.2, -0.15) is 0 Å². The highest BCUT2D eigenvalue weighted by Gasteiger charge is 2.12. The van der Waals surface area contributed by atoms with Crippen LogP contribution in [0.2, 0.25) is 5.02 Å². The summed E-state index contributed by atoms with van der Waals surface area (Å²) in [5, 5.41) is 9.06. The molecule has 0 saturated carbocycles. The first-order chi connectivity index (χ1) is 7.04. The predicted molar refractivity (Wildman–Crippen MR) is 57.2 cm³/mol. The first-order valence-corrected chi connectivity index (χ1v) is 4.73. The molecule has 0 radical (unpaired) electrons. The minimum atomic E-state index is -0.934. The van der Waals surface area contributed by atoms with Crippen molar-refractivity contribution in [3.8, 4) is 5.75 Å². The maximum Gasteiger partial charge on any atom is 0.305 e. The minimum Gasteiger partial charge on any atom is -0.495 e. The smallest absolute Gasteiger partial charge is 0.305 e. The van der Waals surface area contributed by atoms with Crippen LogP contribution in [0.1, 0.15) is 18.0 Å². The van der Waals surface area contributed by atoms with E-state index in [0.717, 1.165) is 0 Å². The van der Waals surface area contributed by atoms with Crippen LogP contribution in [0, 0.1) is 0 Å². The fourth-order valence-electron chi connectivity index (χ4n) is 1.21. The third-order valence-electron chi connectivity index (χ3n) is 2.00. The Balaban J connectivity index is 2.90. The number of carboxylic acids is 1. The average molecular weight is 230 g/mol. The van der Waals surface area contributed by atoms with Crippen molar-refractivity contribution in [3.63, 3.8) is 0 Å². The highest BCUT2D eigenvalue weighted by Crippen LogP contribution is 2.27. The van der Waals surface area contributed by atoms with Crippen LogP contribution < -0.4 is 10.5 Å². The summed E-state index contributed by atoms with van der Waals surface area (Å²) in [6.07, 6.45) is -0.120. The van der Waals surface area contributed by atoms with Gasteiger partial charge in [0.25, 0.3) is 0 Å². The monoisotopic (exact) mass is 229 g/mol. The Labute approximate surface area is 92.6 Å². The number of rotatable bonds is 4. The van der Waals surface area contributed by atoms with E-state index in [-0.39, 0.29) is 6.42 Å². The summed E-state index contributed by atoms with van der Waals surface area (Å²) in [7, 11) is 1.49. The van der Waals surface area contributed by atoms with Gasteiger partial charge in [-0.3, -0.25) is 4.79 Å². The highest BCUT2D eigenvalue weighted by molar-refractivity contribution is 6.32. The van der Waals surface area contributed by atoms with E-state index in [1.54, 1.807) is 18.2 Å². The Bertz CT molecular complexity index is 368. The lowest BCUT2D eigenvalue weighted by Crippen LogP contribution is -2.14. The van der Waals surface area contributed by atoms with Crippen molar-refractivity contribution in [1.82, 2.24) is 0 Å². The van der Waals surface area contributed by atoms with E-state index in [1.807, 2.05) is 0 Å². The summed E-state index contributed by atoms with van der Waals surface area (Å²) in [6.45, 7) is 0. The maximum absolute atomic E-state index is 10.5. The lowest BCUT2D eigenvalue weighted by molar-refractivity contribution is -0.137. The Morgan fingerprint density at radius 1 is 1.67 bits per heavy atom. The van der Waals surface area contributed by atoms with Gasteiger partial charge in [-0.05, 0) is 17.7 Å². The first-order valence-electron chi connectivity index (χ1n) is 4.35. The topological polar surface area (TPSA) is 72.5 Å². The molecule has 15 heavy (non-hydrogen) atoms. The number of hydrogen-bond acceptors (Lipinski definition) is 3. The van der Waals surface area contributed by atoms with Gasteiger partial charge in [0, 0.05) is 6.04 Å². The largest absolute Gasteiger partial charge is 0.495 e. The maximum atomic E-state index is 10.5. The number of carbonyl (C=O) groups is 1. The lowest BCUT2D eigenvalue weighted by Gasteiger charge is -2.11. The van der Waals surface area contributed by atoms with Gasteiger partial charge in [-0.25, -0.2) is 0 Å². The summed E-state index contributed by atoms with van der Waals surface area (Å²) in [5.74, 6) is -0.438. The van der Waals surface area contributed by atoms with Crippen LogP contribution >= 0.6 is 11.6 Å². The number of ether oxygens (including phenoxy) is 1. The molecule has 1 unspecified atom stereocenters. The minimum absolute atomic E-state index is 0.120. The summed E-state index contributed by atoms with van der Waals surface area (Å²) in [5.41, 5.74) is 6.38. The van der Waals surface area contributed by atoms with Crippen LogP contribution in [0.25, 0.3) is 0 Å². The Kier molecular flexibility index (Phi) is 3.94. The standard InChI is InChI=1S/C10H12ClNO3/c1-15-9-4-6(2-3-7(9)11)8(12)5-10(13)14/h2-4,8H,5,12H2,1H3,(H,13,14). The highest BCUT2D eigenvalue weighted by atomic mass is 35.5. The number of halogens is 1. The molecule has 0 spiro atoms. The zero-order chi connectivity index (χ0) is 11.4. The molecule has 82 valence electrons. The molecule has 1 aromatic carbocycles. The van der Waals surface area contributed by atoms with Crippen LogP contribution in [0.15, 0.2) is 18.2 Å². The molecule has 0 aliphatic carbocycles. The van der Waals surface area contributed by atoms with E-state index >= 15 is 0 Å². The molecule has 0 heterocycles. The number of hydrogen-bond donors (Lipinski definition) is 2. The van der Waals surface area contributed by atoms with Crippen molar-refractivity contribution in [3.05, 3.63) is 28.8 Å². The molecule has 1 rings (SSSR count). The van der Waals surface area contributed by atoms with E-state index in [4.69, 9.17) is 27.2 Å². The van der Waals surface area contributed by atoms with E-state index in [1.165, 1.54) is 7.11 Å². The van der Waals surface area contributed by atoms with Crippen molar-refractivity contribution in [2.75, 3.05) is 7.11 Å². The third kappa shape index (κ3) is 3.11. The average Bonchev–Trinajstić information content (AvgIpc) is 2.17. The van der Waals surface area contributed by atoms with Gasteiger partial charge in [0.15, 0.2) is 0 Å². The van der Waals surface area contributed by atoms with Crippen LogP contribution in [-0.2, 0) is 4.79 Å². The Morgan fingerprint density at radius 2 is 2.33 bits per heavy atom. The van der Waals surface area contributed by atoms with E-state index in [2.05, 4.69) is 0 Å². The second-order valence-electron chi connectivity index (χ2n) is 3.10. The molecule has 0 aliphatic rings. The van der Waals surface area contributed by atoms with Crippen molar-refractivity contribution >= 4 is 17.6 Å². The van der Waals surface area contributed by atoms with Gasteiger partial charge >= 0.3 is 5.97 Å². The third-order valence-corrected chi connectivity index (χ3v) is 2.31. The summed E-state index contributed by atoms with van der Waals surface area (Å²) in [6, 6.07) is 4.43. The summed E-state index contributed by atoms with van der Waals surface area (Å²) >= 11 is 5.82. The number of aliphatic carboxylic acids is 1. The molecule has 0 saturated heterocycles. The second-order valence-corrected chi connectivity index (χ2v) is 3.51. The molecule has 4 nitrogen and oxygen atoms in total. The lowest BCUT2D eigenvalue weighted by atomic mass is 10.0. The number of carboxylic acid groups (broad SMARTS) is 1. The quantitative estimate of drug-likeness (QED) is 0.826. The fourth-order valence-corrected chi connectivity index (χ4v) is 1.41. The van der Waals surface area contributed by atoms with Gasteiger partial charge in [0.2, 0.25) is 0 Å². The second kappa shape index (κ2) is 5.00. The fraction of sp³-hybridized carbons (Fsp3) is 0.300. The molecule has 0 aromatic heterocycles. The van der Waals surface area contributed by atoms with Crippen LogP contribution in [0.4, 0.5) is 0 Å². The zero-order valence-corrected chi connectivity index (χ0v) is 8.99. The van der Waals surface area contributed by atoms with Crippen molar-refractivity contribution in [2.45, 2.75) is 12.5 Å². The number of methoxy groups -OCH3 is 1. The van der Waals surface area contributed by atoms with Gasteiger partial charge in [0.05, 0.1) is 18.6 Å². The molecule has 5 heteroatoms. The molecular formula is C10H12ClNO3. The van der Waals surface area contributed by atoms with E-state index < -0.39 is 12.0 Å². The number of benzene rings is 1. The van der Waals surface area contributed by atoms with E-state index in [9.17, 15) is 4.79 Å². The molecule has 1 atom stereocenters. The molecule has 0 bridgehead atoms. The SMILES string of the molecule is COc1cc(C(N)CC(=O)O)ccc1Cl. The molecule has 3 N–H and O–H groups in total. The molecular weight excluding hydrogens is 218 g/mol. The summed E-state index contributed by atoms with van der Waals surface area (Å²) in [4.78, 5) is 10.5. The number of nitrogens with two attached hydrogens (primary N) is 1. The van der Waals surface area contributed by atoms with Crippen molar-refractivity contribution in [1.29, 1.82) is 0 Å². The zero-order valence-electron chi connectivity index (χ0n) is 8.24. The van der Waals surface area contributed by atoms with Crippen LogP contribution in [0.5, 0.6) is 5.75 Å². The predicted octanol–water partition coefficient (Wildman–Crippen LogP) is 1.82. The van der Waals surface area contributed by atoms with Gasteiger partial charge in [0.1, 0.15) is 5.75 Å². The van der Waals surface area contributed by atoms with Crippen LogP contribution in [0.3, 0.4) is 0 Å². The normalized spacial score (nSPS) is 12.2. The van der Waals surface area contributed by atoms with E-state index in [0.29, 0.717) is 16.3 Å². The van der Waals surface area contributed by atoms with Gasteiger partial charge < -0.3 is 15.6 Å². The van der Waals surface area contributed by atoms with Crippen LogP contribution in [-0.4, -0.2) is 18.2 Å². The van der Waals surface area contributed by atoms with Crippen molar-refractivity contribution in [2.24, 2.45) is 5.73 Å². The van der Waals surface area contributed by atoms with Gasteiger partial charge in [-0.15, -0.1) is 0 Å². The molecule has 0 amide bonds. The molecule has 0 fully saturated rings. The molecule has 0 aliphatic heterocycles. The first kappa shape index (κ1) is 11.8. The van der Waals surface area contributed by atoms with Gasteiger partial charge in [-0.1, -0.05) is 17.7 Å². The Morgan fingerprint density at radius 3 is 2.87 bits per heavy atom. The Hall–Kier alpha value is -1.26. The summed E-state index contributed by atoms with van der Waals surface area (Å²) < 4.78 is 5.01. The van der Waals surface area contributed by atoms with Crippen molar-refractivity contribution < 1.29 is 14.6 Å².